The van der Waals surface area contributed by atoms with E-state index in [1.54, 1.807) is 0 Å². The molecule has 0 amide bonds. The fraction of sp³-hybridized carbons (Fsp3) is 1.00. The lowest BCUT2D eigenvalue weighted by molar-refractivity contribution is 0.0281. The molecule has 0 aliphatic carbocycles. The average Bonchev–Trinajstić information content (AvgIpc) is 2.29. The van der Waals surface area contributed by atoms with Gasteiger partial charge in [-0.25, -0.2) is 0 Å². The molecule has 0 bridgehead atoms. The lowest BCUT2D eigenvalue weighted by atomic mass is 9.59. The van der Waals surface area contributed by atoms with Crippen molar-refractivity contribution in [3.05, 3.63) is 0 Å². The van der Waals surface area contributed by atoms with Crippen LogP contribution in [0.4, 0.5) is 0 Å². The van der Waals surface area contributed by atoms with Crippen molar-refractivity contribution in [1.29, 1.82) is 0 Å². The minimum absolute atomic E-state index is 0.554. The van der Waals surface area contributed by atoms with Crippen molar-refractivity contribution in [2.75, 3.05) is 0 Å². The van der Waals surface area contributed by atoms with E-state index in [0.29, 0.717) is 5.41 Å². The van der Waals surface area contributed by atoms with Crippen LogP contribution in [0.2, 0.25) is 0 Å². The molecular formula is C16H34. The van der Waals surface area contributed by atoms with E-state index in [-0.39, 0.29) is 0 Å². The predicted molar refractivity (Wildman–Crippen MR) is 75.6 cm³/mol. The van der Waals surface area contributed by atoms with Gasteiger partial charge < -0.3 is 0 Å². The van der Waals surface area contributed by atoms with Crippen molar-refractivity contribution >= 4 is 0 Å². The largest absolute Gasteiger partial charge is 0.0651 e. The van der Waals surface area contributed by atoms with Crippen LogP contribution in [-0.2, 0) is 0 Å². The Kier molecular flexibility index (Phi) is 6.67. The summed E-state index contributed by atoms with van der Waals surface area (Å²) in [5.74, 6) is 3.31. The molecule has 16 heavy (non-hydrogen) atoms. The summed E-state index contributed by atoms with van der Waals surface area (Å²) in [4.78, 5) is 0. The number of hydrogen-bond donors (Lipinski definition) is 0. The van der Waals surface area contributed by atoms with E-state index in [4.69, 9.17) is 0 Å². The normalized spacial score (nSPS) is 18.6. The first-order valence-electron chi connectivity index (χ1n) is 7.37. The molecule has 3 unspecified atom stereocenters. The summed E-state index contributed by atoms with van der Waals surface area (Å²) in [7, 11) is 0. The molecule has 0 fully saturated rings. The van der Waals surface area contributed by atoms with Gasteiger partial charge in [0.25, 0.3) is 0 Å². The summed E-state index contributed by atoms with van der Waals surface area (Å²) < 4.78 is 0. The molecule has 0 heterocycles. The topological polar surface area (TPSA) is 0 Å². The average molecular weight is 226 g/mol. The van der Waals surface area contributed by atoms with Gasteiger partial charge in [0.2, 0.25) is 0 Å². The Hall–Kier alpha value is 0. The van der Waals surface area contributed by atoms with Gasteiger partial charge in [0.05, 0.1) is 0 Å². The van der Waals surface area contributed by atoms with Gasteiger partial charge in [-0.2, -0.15) is 0 Å². The molecule has 98 valence electrons. The van der Waals surface area contributed by atoms with Crippen LogP contribution in [0.25, 0.3) is 0 Å². The van der Waals surface area contributed by atoms with Gasteiger partial charge in [-0.3, -0.25) is 0 Å². The highest BCUT2D eigenvalue weighted by atomic mass is 14.4. The second-order valence-corrected chi connectivity index (χ2v) is 6.14. The van der Waals surface area contributed by atoms with Crippen LogP contribution in [0.3, 0.4) is 0 Å². The fourth-order valence-corrected chi connectivity index (χ4v) is 3.55. The molecule has 0 saturated heterocycles. The van der Waals surface area contributed by atoms with Crippen LogP contribution >= 0.6 is 0 Å². The zero-order chi connectivity index (χ0) is 12.9. The summed E-state index contributed by atoms with van der Waals surface area (Å²) in [6, 6.07) is 0. The van der Waals surface area contributed by atoms with Gasteiger partial charge in [-0.15, -0.1) is 0 Å². The van der Waals surface area contributed by atoms with E-state index in [1.165, 1.54) is 19.3 Å². The maximum Gasteiger partial charge on any atom is -0.0249 e. The quantitative estimate of drug-likeness (QED) is 0.517. The van der Waals surface area contributed by atoms with Crippen LogP contribution in [0, 0.1) is 29.1 Å². The van der Waals surface area contributed by atoms with Gasteiger partial charge in [-0.1, -0.05) is 61.8 Å². The Morgan fingerprint density at radius 2 is 1.25 bits per heavy atom. The van der Waals surface area contributed by atoms with Crippen LogP contribution in [0.15, 0.2) is 0 Å². The van der Waals surface area contributed by atoms with E-state index in [1.807, 2.05) is 0 Å². The molecule has 0 N–H and O–H groups in total. The zero-order valence-corrected chi connectivity index (χ0v) is 12.9. The molecule has 0 aromatic rings. The first-order valence-corrected chi connectivity index (χ1v) is 7.37. The second-order valence-electron chi connectivity index (χ2n) is 6.14. The third kappa shape index (κ3) is 3.02. The van der Waals surface area contributed by atoms with Crippen molar-refractivity contribution in [2.45, 2.75) is 74.7 Å². The highest BCUT2D eigenvalue weighted by Gasteiger charge is 2.39. The van der Waals surface area contributed by atoms with E-state index in [2.05, 4.69) is 55.4 Å². The summed E-state index contributed by atoms with van der Waals surface area (Å²) in [6.45, 7) is 19.2. The van der Waals surface area contributed by atoms with Crippen LogP contribution in [0.5, 0.6) is 0 Å². The van der Waals surface area contributed by atoms with E-state index in [9.17, 15) is 0 Å². The zero-order valence-electron chi connectivity index (χ0n) is 12.9. The molecule has 0 aliphatic rings. The molecule has 3 atom stereocenters. The molecular weight excluding hydrogens is 192 g/mol. The smallest absolute Gasteiger partial charge is 0.0249 e. The molecule has 0 saturated carbocycles. The molecule has 0 spiro atoms. The maximum atomic E-state index is 2.49. The fourth-order valence-electron chi connectivity index (χ4n) is 3.55. The lowest BCUT2D eigenvalue weighted by Crippen LogP contribution is -2.39. The first-order chi connectivity index (χ1) is 7.37. The molecule has 0 aliphatic heterocycles. The Morgan fingerprint density at radius 1 is 0.812 bits per heavy atom. The minimum Gasteiger partial charge on any atom is -0.0651 e. The summed E-state index contributed by atoms with van der Waals surface area (Å²) in [6.07, 6.45) is 3.98. The Morgan fingerprint density at radius 3 is 1.50 bits per heavy atom. The third-order valence-corrected chi connectivity index (χ3v) is 5.66. The maximum absolute atomic E-state index is 2.49. The Labute approximate surface area is 104 Å². The molecule has 0 nitrogen and oxygen atoms in total. The van der Waals surface area contributed by atoms with E-state index >= 15 is 0 Å². The van der Waals surface area contributed by atoms with E-state index in [0.717, 1.165) is 23.7 Å². The summed E-state index contributed by atoms with van der Waals surface area (Å²) >= 11 is 0. The molecule has 0 aromatic heterocycles. The van der Waals surface area contributed by atoms with E-state index < -0.39 is 0 Å². The highest BCUT2D eigenvalue weighted by Crippen LogP contribution is 2.48. The van der Waals surface area contributed by atoms with Crippen molar-refractivity contribution < 1.29 is 0 Å². The van der Waals surface area contributed by atoms with Crippen LogP contribution in [-0.4, -0.2) is 0 Å². The SMILES string of the molecule is CCC(C)C(CC)(CC)C(C)C(C)C(C)C. The number of hydrogen-bond acceptors (Lipinski definition) is 0. The van der Waals surface area contributed by atoms with Gasteiger partial charge in [0, 0.05) is 0 Å². The Balaban J connectivity index is 5.02. The summed E-state index contributed by atoms with van der Waals surface area (Å²) in [5, 5.41) is 0. The predicted octanol–water partition coefficient (Wildman–Crippen LogP) is 5.77. The molecule has 0 aromatic carbocycles. The van der Waals surface area contributed by atoms with Crippen molar-refractivity contribution in [3.63, 3.8) is 0 Å². The van der Waals surface area contributed by atoms with Crippen LogP contribution < -0.4 is 0 Å². The standard InChI is InChI=1S/C16H34/c1-9-13(6)16(10-2,11-3)15(8)14(7)12(4)5/h12-15H,9-11H2,1-8H3. The summed E-state index contributed by atoms with van der Waals surface area (Å²) in [5.41, 5.74) is 0.554. The van der Waals surface area contributed by atoms with Crippen molar-refractivity contribution in [1.82, 2.24) is 0 Å². The monoisotopic (exact) mass is 226 g/mol. The molecule has 0 radical (unpaired) electrons. The second kappa shape index (κ2) is 6.67. The Bertz CT molecular complexity index is 176. The minimum atomic E-state index is 0.554. The third-order valence-electron chi connectivity index (χ3n) is 5.66. The van der Waals surface area contributed by atoms with Crippen LogP contribution in [0.1, 0.15) is 74.7 Å². The van der Waals surface area contributed by atoms with Gasteiger partial charge in [-0.05, 0) is 41.9 Å². The van der Waals surface area contributed by atoms with Crippen molar-refractivity contribution in [3.8, 4) is 0 Å². The highest BCUT2D eigenvalue weighted by molar-refractivity contribution is 4.89. The number of rotatable bonds is 7. The van der Waals surface area contributed by atoms with Gasteiger partial charge in [0.1, 0.15) is 0 Å². The first kappa shape index (κ1) is 16.0. The van der Waals surface area contributed by atoms with Gasteiger partial charge in [0.15, 0.2) is 0 Å². The molecule has 0 rings (SSSR count). The lowest BCUT2D eigenvalue weighted by Gasteiger charge is -2.46. The van der Waals surface area contributed by atoms with Crippen molar-refractivity contribution in [2.24, 2.45) is 29.1 Å². The molecule has 0 heteroatoms. The van der Waals surface area contributed by atoms with Gasteiger partial charge >= 0.3 is 0 Å².